The molecule has 96 valence electrons. The average Bonchev–Trinajstić information content (AvgIpc) is 2.54. The van der Waals surface area contributed by atoms with E-state index in [4.69, 9.17) is 5.73 Å². The predicted molar refractivity (Wildman–Crippen MR) is 73.1 cm³/mol. The van der Waals surface area contributed by atoms with Crippen molar-refractivity contribution in [2.75, 3.05) is 0 Å². The number of aromatic nitrogens is 2. The van der Waals surface area contributed by atoms with Crippen molar-refractivity contribution in [1.29, 1.82) is 0 Å². The zero-order valence-corrected chi connectivity index (χ0v) is 11.1. The van der Waals surface area contributed by atoms with Crippen molar-refractivity contribution in [2.24, 2.45) is 12.8 Å². The number of imidazole rings is 1. The summed E-state index contributed by atoms with van der Waals surface area (Å²) in [5.41, 5.74) is 8.80. The maximum Gasteiger partial charge on any atom is 0.332 e. The Morgan fingerprint density at radius 3 is 2.56 bits per heavy atom. The fourth-order valence-electron chi connectivity index (χ4n) is 2.24. The van der Waals surface area contributed by atoms with Gasteiger partial charge in [-0.1, -0.05) is 18.2 Å². The van der Waals surface area contributed by atoms with Crippen molar-refractivity contribution in [2.45, 2.75) is 26.3 Å². The molecule has 0 saturated carbocycles. The van der Waals surface area contributed by atoms with Crippen molar-refractivity contribution in [3.63, 3.8) is 0 Å². The SMILES string of the molecule is Cc1cn(C)c(=O)n1-c1ccccc1CC(C)N. The Morgan fingerprint density at radius 1 is 1.33 bits per heavy atom. The summed E-state index contributed by atoms with van der Waals surface area (Å²) < 4.78 is 3.33. The van der Waals surface area contributed by atoms with Crippen molar-refractivity contribution < 1.29 is 0 Å². The molecule has 1 aromatic carbocycles. The number of nitrogens with two attached hydrogens (primary N) is 1. The number of aryl methyl sites for hydroxylation is 2. The van der Waals surface area contributed by atoms with Gasteiger partial charge in [-0.2, -0.15) is 0 Å². The van der Waals surface area contributed by atoms with Gasteiger partial charge >= 0.3 is 5.69 Å². The summed E-state index contributed by atoms with van der Waals surface area (Å²) in [5, 5.41) is 0. The van der Waals surface area contributed by atoms with Crippen LogP contribution in [0.4, 0.5) is 0 Å². The molecule has 0 saturated heterocycles. The molecule has 1 atom stereocenters. The lowest BCUT2D eigenvalue weighted by Crippen LogP contribution is -2.24. The second kappa shape index (κ2) is 4.82. The molecular weight excluding hydrogens is 226 g/mol. The monoisotopic (exact) mass is 245 g/mol. The van der Waals surface area contributed by atoms with Gasteiger partial charge in [0.05, 0.1) is 5.69 Å². The van der Waals surface area contributed by atoms with E-state index >= 15 is 0 Å². The van der Waals surface area contributed by atoms with Crippen LogP contribution in [0.3, 0.4) is 0 Å². The lowest BCUT2D eigenvalue weighted by atomic mass is 10.1. The van der Waals surface area contributed by atoms with Crippen LogP contribution in [0.5, 0.6) is 0 Å². The highest BCUT2D eigenvalue weighted by Crippen LogP contribution is 2.16. The van der Waals surface area contributed by atoms with Crippen LogP contribution in [0, 0.1) is 6.92 Å². The lowest BCUT2D eigenvalue weighted by Gasteiger charge is -2.12. The molecule has 0 fully saturated rings. The summed E-state index contributed by atoms with van der Waals surface area (Å²) in [7, 11) is 1.76. The Balaban J connectivity index is 2.60. The molecule has 1 unspecified atom stereocenters. The van der Waals surface area contributed by atoms with Crippen LogP contribution < -0.4 is 11.4 Å². The van der Waals surface area contributed by atoms with Crippen LogP contribution in [-0.2, 0) is 13.5 Å². The highest BCUT2D eigenvalue weighted by molar-refractivity contribution is 5.42. The van der Waals surface area contributed by atoms with E-state index in [1.54, 1.807) is 16.2 Å². The Kier molecular flexibility index (Phi) is 3.39. The largest absolute Gasteiger partial charge is 0.332 e. The molecule has 2 rings (SSSR count). The van der Waals surface area contributed by atoms with Crippen LogP contribution in [0.1, 0.15) is 18.2 Å². The minimum atomic E-state index is -0.0235. The molecule has 0 aliphatic carbocycles. The number of hydrogen-bond acceptors (Lipinski definition) is 2. The molecule has 0 radical (unpaired) electrons. The summed E-state index contributed by atoms with van der Waals surface area (Å²) in [4.78, 5) is 12.1. The van der Waals surface area contributed by atoms with Crippen LogP contribution in [-0.4, -0.2) is 15.2 Å². The van der Waals surface area contributed by atoms with E-state index in [-0.39, 0.29) is 11.7 Å². The van der Waals surface area contributed by atoms with Gasteiger partial charge in [0.1, 0.15) is 0 Å². The van der Waals surface area contributed by atoms with Crippen molar-refractivity contribution >= 4 is 0 Å². The first-order chi connectivity index (χ1) is 8.50. The summed E-state index contributed by atoms with van der Waals surface area (Å²) in [6.07, 6.45) is 2.60. The van der Waals surface area contributed by atoms with Crippen LogP contribution in [0.2, 0.25) is 0 Å². The molecule has 2 N–H and O–H groups in total. The van der Waals surface area contributed by atoms with Gasteiger partial charge in [-0.3, -0.25) is 4.57 Å². The normalized spacial score (nSPS) is 12.7. The van der Waals surface area contributed by atoms with E-state index in [0.717, 1.165) is 23.4 Å². The van der Waals surface area contributed by atoms with E-state index in [2.05, 4.69) is 0 Å². The molecular formula is C14H19N3O. The zero-order valence-electron chi connectivity index (χ0n) is 11.1. The van der Waals surface area contributed by atoms with Crippen LogP contribution in [0.15, 0.2) is 35.3 Å². The van der Waals surface area contributed by atoms with Crippen LogP contribution >= 0.6 is 0 Å². The van der Waals surface area contributed by atoms with E-state index in [0.29, 0.717) is 0 Å². The Labute approximate surface area is 107 Å². The molecule has 18 heavy (non-hydrogen) atoms. The number of nitrogens with zero attached hydrogens (tertiary/aromatic N) is 2. The molecule has 0 spiro atoms. The van der Waals surface area contributed by atoms with Gasteiger partial charge in [0.15, 0.2) is 0 Å². The predicted octanol–water partition coefficient (Wildman–Crippen LogP) is 1.37. The molecule has 0 aliphatic heterocycles. The number of rotatable bonds is 3. The van der Waals surface area contributed by atoms with Gasteiger partial charge in [-0.05, 0) is 31.9 Å². The Bertz CT molecular complexity index is 608. The molecule has 0 bridgehead atoms. The fourth-order valence-corrected chi connectivity index (χ4v) is 2.24. The second-order valence-electron chi connectivity index (χ2n) is 4.81. The molecule has 2 aromatic rings. The third kappa shape index (κ3) is 2.24. The van der Waals surface area contributed by atoms with E-state index in [1.807, 2.05) is 44.3 Å². The fraction of sp³-hybridized carbons (Fsp3) is 0.357. The molecule has 4 heteroatoms. The summed E-state index contributed by atoms with van der Waals surface area (Å²) >= 11 is 0. The number of hydrogen-bond donors (Lipinski definition) is 1. The smallest absolute Gasteiger partial charge is 0.328 e. The van der Waals surface area contributed by atoms with E-state index in [9.17, 15) is 4.79 Å². The molecule has 0 aliphatic rings. The van der Waals surface area contributed by atoms with Crippen LogP contribution in [0.25, 0.3) is 5.69 Å². The van der Waals surface area contributed by atoms with Gasteiger partial charge in [-0.15, -0.1) is 0 Å². The maximum absolute atomic E-state index is 12.1. The second-order valence-corrected chi connectivity index (χ2v) is 4.81. The van der Waals surface area contributed by atoms with Gasteiger partial charge in [0.25, 0.3) is 0 Å². The minimum Gasteiger partial charge on any atom is -0.328 e. The minimum absolute atomic E-state index is 0.0235. The highest BCUT2D eigenvalue weighted by atomic mass is 16.1. The van der Waals surface area contributed by atoms with Crippen molar-refractivity contribution in [3.05, 3.63) is 52.2 Å². The molecule has 1 heterocycles. The van der Waals surface area contributed by atoms with Gasteiger partial charge in [-0.25, -0.2) is 4.79 Å². The van der Waals surface area contributed by atoms with E-state index in [1.165, 1.54) is 0 Å². The zero-order chi connectivity index (χ0) is 13.3. The first-order valence-electron chi connectivity index (χ1n) is 6.09. The Morgan fingerprint density at radius 2 is 2.00 bits per heavy atom. The lowest BCUT2D eigenvalue weighted by molar-refractivity contribution is 0.728. The first-order valence-corrected chi connectivity index (χ1v) is 6.09. The number of benzene rings is 1. The average molecular weight is 245 g/mol. The molecule has 0 amide bonds. The standard InChI is InChI=1S/C14H19N3O/c1-10(15)8-12-6-4-5-7-13(12)17-11(2)9-16(3)14(17)18/h4-7,9-10H,8,15H2,1-3H3. The first kappa shape index (κ1) is 12.6. The quantitative estimate of drug-likeness (QED) is 0.888. The van der Waals surface area contributed by atoms with Crippen molar-refractivity contribution in [1.82, 2.24) is 9.13 Å². The molecule has 4 nitrogen and oxygen atoms in total. The third-order valence-electron chi connectivity index (χ3n) is 3.00. The van der Waals surface area contributed by atoms with Gasteiger partial charge in [0.2, 0.25) is 0 Å². The summed E-state index contributed by atoms with van der Waals surface area (Å²) in [5.74, 6) is 0. The van der Waals surface area contributed by atoms with Gasteiger partial charge in [0, 0.05) is 25.0 Å². The molecule has 1 aromatic heterocycles. The highest BCUT2D eigenvalue weighted by Gasteiger charge is 2.12. The summed E-state index contributed by atoms with van der Waals surface area (Å²) in [6, 6.07) is 7.98. The Hall–Kier alpha value is -1.81. The number of para-hydroxylation sites is 1. The third-order valence-corrected chi connectivity index (χ3v) is 3.00. The van der Waals surface area contributed by atoms with Gasteiger partial charge < -0.3 is 10.3 Å². The maximum atomic E-state index is 12.1. The van der Waals surface area contributed by atoms with E-state index < -0.39 is 0 Å². The topological polar surface area (TPSA) is 53.0 Å². The summed E-state index contributed by atoms with van der Waals surface area (Å²) in [6.45, 7) is 3.90. The van der Waals surface area contributed by atoms with Crippen molar-refractivity contribution in [3.8, 4) is 5.69 Å².